The van der Waals surface area contributed by atoms with Gasteiger partial charge in [0.25, 0.3) is 0 Å². The average Bonchev–Trinajstić information content (AvgIpc) is 2.53. The fourth-order valence-electron chi connectivity index (χ4n) is 1.79. The quantitative estimate of drug-likeness (QED) is 0.132. The molecular formula is C18H34O6Zr2. The van der Waals surface area contributed by atoms with Gasteiger partial charge in [0.2, 0.25) is 0 Å². The van der Waals surface area contributed by atoms with E-state index in [1.807, 2.05) is 0 Å². The van der Waals surface area contributed by atoms with Gasteiger partial charge in [0.05, 0.1) is 19.8 Å². The summed E-state index contributed by atoms with van der Waals surface area (Å²) < 4.78 is 22.6. The standard InChI is InChI=1S/C18H34O6.2Zr/c1-5-8-11-22-18(23-12-9-6-2,24-13-10-7-3)15-21-17(20)14-16(4)19;;/h5-15H2,1-4H3;;. The van der Waals surface area contributed by atoms with Crippen LogP contribution >= 0.6 is 0 Å². The molecule has 0 unspecified atom stereocenters. The Morgan fingerprint density at radius 3 is 1.46 bits per heavy atom. The molecule has 0 spiro atoms. The second-order valence-corrected chi connectivity index (χ2v) is 5.83. The first-order valence-electron chi connectivity index (χ1n) is 9.06. The number of hydrogen-bond acceptors (Lipinski definition) is 6. The topological polar surface area (TPSA) is 71.1 Å². The molecule has 6 nitrogen and oxygen atoms in total. The molecule has 0 atom stereocenters. The van der Waals surface area contributed by atoms with Gasteiger partial charge in [-0.05, 0) is 26.2 Å². The van der Waals surface area contributed by atoms with E-state index in [0.29, 0.717) is 19.8 Å². The summed E-state index contributed by atoms with van der Waals surface area (Å²) in [6.45, 7) is 8.74. The monoisotopic (exact) mass is 526 g/mol. The molecule has 0 heterocycles. The zero-order valence-corrected chi connectivity index (χ0v) is 21.6. The number of ether oxygens (including phenoxy) is 4. The van der Waals surface area contributed by atoms with Crippen LogP contribution in [0, 0.1) is 0 Å². The zero-order chi connectivity index (χ0) is 18.3. The molecule has 150 valence electrons. The second-order valence-electron chi connectivity index (χ2n) is 5.83. The Kier molecular flexibility index (Phi) is 24.8. The third-order valence-electron chi connectivity index (χ3n) is 3.26. The van der Waals surface area contributed by atoms with Gasteiger partial charge in [-0.1, -0.05) is 40.0 Å². The number of carbonyl (C=O) groups is 2. The predicted octanol–water partition coefficient (Wildman–Crippen LogP) is 3.61. The van der Waals surface area contributed by atoms with E-state index in [4.69, 9.17) is 18.9 Å². The van der Waals surface area contributed by atoms with Gasteiger partial charge in [0.15, 0.2) is 6.61 Å². The third-order valence-corrected chi connectivity index (χ3v) is 3.26. The molecule has 0 rings (SSSR count). The first kappa shape index (κ1) is 31.5. The molecule has 0 aliphatic rings. The van der Waals surface area contributed by atoms with Crippen molar-refractivity contribution in [1.29, 1.82) is 0 Å². The number of ketones is 1. The summed E-state index contributed by atoms with van der Waals surface area (Å²) in [5.74, 6) is -2.22. The van der Waals surface area contributed by atoms with Crippen molar-refractivity contribution in [2.75, 3.05) is 26.4 Å². The van der Waals surface area contributed by atoms with Crippen LogP contribution in [0.5, 0.6) is 0 Å². The Morgan fingerprint density at radius 2 is 1.15 bits per heavy atom. The maximum atomic E-state index is 11.7. The minimum atomic E-state index is -1.38. The molecule has 26 heavy (non-hydrogen) atoms. The van der Waals surface area contributed by atoms with Crippen LogP contribution in [-0.2, 0) is 80.9 Å². The van der Waals surface area contributed by atoms with E-state index >= 15 is 0 Å². The van der Waals surface area contributed by atoms with E-state index in [9.17, 15) is 9.59 Å². The molecule has 0 aromatic rings. The Bertz CT molecular complexity index is 326. The van der Waals surface area contributed by atoms with Gasteiger partial charge in [0, 0.05) is 52.4 Å². The van der Waals surface area contributed by atoms with Crippen LogP contribution in [0.25, 0.3) is 0 Å². The number of esters is 1. The Labute approximate surface area is 196 Å². The van der Waals surface area contributed by atoms with Crippen molar-refractivity contribution in [2.24, 2.45) is 0 Å². The molecule has 0 N–H and O–H groups in total. The largest absolute Gasteiger partial charge is 0.457 e. The predicted molar refractivity (Wildman–Crippen MR) is 91.6 cm³/mol. The minimum Gasteiger partial charge on any atom is -0.457 e. The number of unbranched alkanes of at least 4 members (excludes halogenated alkanes) is 3. The van der Waals surface area contributed by atoms with Gasteiger partial charge >= 0.3 is 11.9 Å². The first-order chi connectivity index (χ1) is 11.5. The van der Waals surface area contributed by atoms with E-state index in [2.05, 4.69) is 20.8 Å². The van der Waals surface area contributed by atoms with Crippen LogP contribution < -0.4 is 0 Å². The van der Waals surface area contributed by atoms with Crippen LogP contribution in [0.2, 0.25) is 0 Å². The maximum absolute atomic E-state index is 11.7. The van der Waals surface area contributed by atoms with Crippen molar-refractivity contribution in [2.45, 2.75) is 78.6 Å². The summed E-state index contributed by atoms with van der Waals surface area (Å²) in [5, 5.41) is 0. The number of Topliss-reactive ketones (excluding diaryl/α,β-unsaturated/α-hetero) is 1. The molecule has 0 saturated heterocycles. The van der Waals surface area contributed by atoms with E-state index in [0.717, 1.165) is 38.5 Å². The van der Waals surface area contributed by atoms with Crippen molar-refractivity contribution in [3.63, 3.8) is 0 Å². The van der Waals surface area contributed by atoms with Crippen molar-refractivity contribution >= 4 is 11.8 Å². The Hall–Kier alpha value is 0.786. The van der Waals surface area contributed by atoms with Gasteiger partial charge in [-0.25, -0.2) is 0 Å². The molecule has 0 aliphatic carbocycles. The maximum Gasteiger partial charge on any atom is 0.319 e. The van der Waals surface area contributed by atoms with E-state index < -0.39 is 11.9 Å². The molecular weight excluding hydrogens is 495 g/mol. The molecule has 8 heteroatoms. The van der Waals surface area contributed by atoms with Gasteiger partial charge in [-0.3, -0.25) is 9.59 Å². The van der Waals surface area contributed by atoms with E-state index in [1.54, 1.807) is 0 Å². The van der Waals surface area contributed by atoms with Gasteiger partial charge in [-0.15, -0.1) is 0 Å². The Balaban J connectivity index is -0.00000264. The van der Waals surface area contributed by atoms with Gasteiger partial charge in [0.1, 0.15) is 12.2 Å². The summed E-state index contributed by atoms with van der Waals surface area (Å²) in [6.07, 6.45) is 5.25. The molecule has 0 aromatic heterocycles. The summed E-state index contributed by atoms with van der Waals surface area (Å²) in [6, 6.07) is 0. The molecule has 0 aliphatic heterocycles. The fraction of sp³-hybridized carbons (Fsp3) is 0.889. The summed E-state index contributed by atoms with van der Waals surface area (Å²) in [7, 11) is 0. The number of rotatable bonds is 16. The number of hydrogen-bond donors (Lipinski definition) is 0. The van der Waals surface area contributed by atoms with Crippen molar-refractivity contribution in [3.05, 3.63) is 0 Å². The van der Waals surface area contributed by atoms with E-state index in [1.165, 1.54) is 6.92 Å². The SMILES string of the molecule is CCCCOC(COC(=O)CC(C)=O)(OCCCC)OCCCC.[Zr].[Zr]. The average molecular weight is 529 g/mol. The number of carbonyl (C=O) groups excluding carboxylic acids is 2. The molecule has 0 saturated carbocycles. The zero-order valence-electron chi connectivity index (χ0n) is 16.7. The first-order valence-corrected chi connectivity index (χ1v) is 9.06. The molecule has 0 bridgehead atoms. The normalized spacial score (nSPS) is 10.6. The smallest absolute Gasteiger partial charge is 0.319 e. The second kappa shape index (κ2) is 20.5. The summed E-state index contributed by atoms with van der Waals surface area (Å²) >= 11 is 0. The molecule has 0 amide bonds. The van der Waals surface area contributed by atoms with E-state index in [-0.39, 0.29) is 71.2 Å². The van der Waals surface area contributed by atoms with Crippen molar-refractivity contribution in [3.8, 4) is 0 Å². The van der Waals surface area contributed by atoms with Crippen LogP contribution in [0.3, 0.4) is 0 Å². The fourth-order valence-corrected chi connectivity index (χ4v) is 1.79. The van der Waals surface area contributed by atoms with Crippen molar-refractivity contribution in [1.82, 2.24) is 0 Å². The molecule has 0 aromatic carbocycles. The Morgan fingerprint density at radius 1 is 0.769 bits per heavy atom. The third kappa shape index (κ3) is 16.9. The van der Waals surface area contributed by atoms with Crippen molar-refractivity contribution < 1.29 is 80.9 Å². The van der Waals surface area contributed by atoms with Crippen LogP contribution in [0.1, 0.15) is 72.6 Å². The molecule has 0 radical (unpaired) electrons. The minimum absolute atomic E-state index is 0. The van der Waals surface area contributed by atoms with Gasteiger partial charge in [-0.2, -0.15) is 0 Å². The summed E-state index contributed by atoms with van der Waals surface area (Å²) in [4.78, 5) is 22.7. The van der Waals surface area contributed by atoms with Crippen LogP contribution in [0.4, 0.5) is 0 Å². The molecule has 0 fully saturated rings. The van der Waals surface area contributed by atoms with Crippen LogP contribution in [-0.4, -0.2) is 44.2 Å². The van der Waals surface area contributed by atoms with Crippen LogP contribution in [0.15, 0.2) is 0 Å². The summed E-state index contributed by atoms with van der Waals surface area (Å²) in [5.41, 5.74) is 0. The van der Waals surface area contributed by atoms with Gasteiger partial charge < -0.3 is 18.9 Å².